The van der Waals surface area contributed by atoms with Gasteiger partial charge in [-0.2, -0.15) is 5.10 Å². The number of nitrogens with zero attached hydrogens (tertiary/aromatic N) is 6. The zero-order chi connectivity index (χ0) is 18.4. The average molecular weight is 354 g/mol. The summed E-state index contributed by atoms with van der Waals surface area (Å²) in [7, 11) is 0. The number of rotatable bonds is 2. The van der Waals surface area contributed by atoms with E-state index in [0.29, 0.717) is 11.2 Å². The first-order chi connectivity index (χ1) is 13.2. The number of benzene rings is 1. The first-order valence-electron chi connectivity index (χ1n) is 8.47. The third-order valence-electron chi connectivity index (χ3n) is 4.56. The van der Waals surface area contributed by atoms with Crippen LogP contribution in [0, 0.1) is 6.92 Å². The number of aryl methyl sites for hydroxylation is 1. The summed E-state index contributed by atoms with van der Waals surface area (Å²) < 4.78 is 3.22. The van der Waals surface area contributed by atoms with E-state index in [4.69, 9.17) is 0 Å². The molecule has 4 heterocycles. The third-order valence-corrected chi connectivity index (χ3v) is 4.56. The number of hydrogen-bond donors (Lipinski definition) is 0. The summed E-state index contributed by atoms with van der Waals surface area (Å²) in [6.45, 7) is 1.93. The van der Waals surface area contributed by atoms with E-state index in [2.05, 4.69) is 20.3 Å². The molecule has 0 spiro atoms. The highest BCUT2D eigenvalue weighted by atomic mass is 16.1. The van der Waals surface area contributed by atoms with Crippen LogP contribution in [0.2, 0.25) is 0 Å². The Labute approximate surface area is 153 Å². The van der Waals surface area contributed by atoms with Crippen LogP contribution in [0.3, 0.4) is 0 Å². The van der Waals surface area contributed by atoms with Gasteiger partial charge in [0.2, 0.25) is 0 Å². The van der Waals surface area contributed by atoms with Gasteiger partial charge in [-0.3, -0.25) is 14.3 Å². The molecule has 0 radical (unpaired) electrons. The second-order valence-corrected chi connectivity index (χ2v) is 6.19. The van der Waals surface area contributed by atoms with Crippen LogP contribution >= 0.6 is 0 Å². The van der Waals surface area contributed by atoms with Crippen molar-refractivity contribution in [1.29, 1.82) is 0 Å². The van der Waals surface area contributed by atoms with Crippen LogP contribution in [0.4, 0.5) is 0 Å². The summed E-state index contributed by atoms with van der Waals surface area (Å²) in [5.41, 5.74) is 4.77. The smallest absolute Gasteiger partial charge is 0.282 e. The molecule has 0 saturated carbocycles. The Morgan fingerprint density at radius 3 is 2.48 bits per heavy atom. The fourth-order valence-electron chi connectivity index (χ4n) is 3.30. The Balaban J connectivity index is 1.80. The Morgan fingerprint density at radius 2 is 1.70 bits per heavy atom. The normalized spacial score (nSPS) is 11.3. The second-order valence-electron chi connectivity index (χ2n) is 6.19. The van der Waals surface area contributed by atoms with Gasteiger partial charge in [0.1, 0.15) is 5.52 Å². The van der Waals surface area contributed by atoms with Crippen molar-refractivity contribution in [1.82, 2.24) is 29.4 Å². The van der Waals surface area contributed by atoms with Gasteiger partial charge in [-0.15, -0.1) is 10.2 Å². The van der Waals surface area contributed by atoms with E-state index in [1.54, 1.807) is 35.2 Å². The Hall–Kier alpha value is -3.87. The van der Waals surface area contributed by atoms with Crippen LogP contribution in [0.25, 0.3) is 33.5 Å². The number of fused-ring (bicyclic) bond motifs is 3. The molecule has 130 valence electrons. The Morgan fingerprint density at radius 1 is 0.926 bits per heavy atom. The number of hydrogen-bond acceptors (Lipinski definition) is 5. The zero-order valence-corrected chi connectivity index (χ0v) is 14.4. The van der Waals surface area contributed by atoms with Crippen molar-refractivity contribution in [3.05, 3.63) is 83.2 Å². The van der Waals surface area contributed by atoms with E-state index in [1.807, 2.05) is 43.3 Å². The van der Waals surface area contributed by atoms with Gasteiger partial charge in [0, 0.05) is 18.6 Å². The van der Waals surface area contributed by atoms with Crippen LogP contribution in [0.1, 0.15) is 5.69 Å². The molecule has 0 fully saturated rings. The molecular formula is C20H14N6O. The molecule has 0 saturated heterocycles. The first-order valence-corrected chi connectivity index (χ1v) is 8.47. The van der Waals surface area contributed by atoms with E-state index in [9.17, 15) is 4.79 Å². The molecule has 7 heteroatoms. The topological polar surface area (TPSA) is 78.0 Å². The van der Waals surface area contributed by atoms with E-state index in [-0.39, 0.29) is 11.1 Å². The second kappa shape index (κ2) is 5.84. The van der Waals surface area contributed by atoms with Crippen LogP contribution in [-0.4, -0.2) is 29.4 Å². The maximum absolute atomic E-state index is 12.9. The molecular weight excluding hydrogens is 340 g/mol. The predicted molar refractivity (Wildman–Crippen MR) is 102 cm³/mol. The van der Waals surface area contributed by atoms with Gasteiger partial charge < -0.3 is 0 Å². The van der Waals surface area contributed by atoms with Gasteiger partial charge in [0.05, 0.1) is 16.9 Å². The lowest BCUT2D eigenvalue weighted by molar-refractivity contribution is 0.905. The molecule has 4 aromatic heterocycles. The minimum Gasteiger partial charge on any atom is -0.282 e. The molecule has 0 aliphatic carbocycles. The number of pyridine rings is 2. The standard InChI is InChI=1S/C20H14N6O/c1-13-17(14-5-3-2-4-6-14)19-23-22-18-16(26(19)24-13)9-12-25(20(18)27)15-7-10-21-11-8-15/h2-12H,1H3. The molecule has 7 nitrogen and oxygen atoms in total. The van der Waals surface area contributed by atoms with Crippen molar-refractivity contribution in [3.63, 3.8) is 0 Å². The average Bonchev–Trinajstić information content (AvgIpc) is 3.06. The molecule has 5 rings (SSSR count). The monoisotopic (exact) mass is 354 g/mol. The van der Waals surface area contributed by atoms with E-state index in [0.717, 1.165) is 22.5 Å². The van der Waals surface area contributed by atoms with Crippen LogP contribution in [0.5, 0.6) is 0 Å². The largest absolute Gasteiger partial charge is 0.285 e. The highest BCUT2D eigenvalue weighted by Gasteiger charge is 2.17. The van der Waals surface area contributed by atoms with Gasteiger partial charge >= 0.3 is 0 Å². The van der Waals surface area contributed by atoms with Crippen molar-refractivity contribution < 1.29 is 0 Å². The Bertz CT molecular complexity index is 1340. The molecule has 0 aliphatic rings. The maximum atomic E-state index is 12.9. The van der Waals surface area contributed by atoms with E-state index >= 15 is 0 Å². The lowest BCUT2D eigenvalue weighted by Gasteiger charge is -2.07. The highest BCUT2D eigenvalue weighted by Crippen LogP contribution is 2.27. The lowest BCUT2D eigenvalue weighted by Crippen LogP contribution is -2.20. The molecule has 27 heavy (non-hydrogen) atoms. The summed E-state index contributed by atoms with van der Waals surface area (Å²) in [6, 6.07) is 15.3. The van der Waals surface area contributed by atoms with Crippen molar-refractivity contribution >= 4 is 16.7 Å². The van der Waals surface area contributed by atoms with Gasteiger partial charge in [-0.1, -0.05) is 30.3 Å². The van der Waals surface area contributed by atoms with Crippen LogP contribution < -0.4 is 5.56 Å². The maximum Gasteiger partial charge on any atom is 0.285 e. The van der Waals surface area contributed by atoms with Crippen molar-refractivity contribution in [2.45, 2.75) is 6.92 Å². The van der Waals surface area contributed by atoms with E-state index in [1.165, 1.54) is 4.57 Å². The van der Waals surface area contributed by atoms with Crippen molar-refractivity contribution in [2.24, 2.45) is 0 Å². The summed E-state index contributed by atoms with van der Waals surface area (Å²) in [5, 5.41) is 13.2. The molecule has 0 unspecified atom stereocenters. The summed E-state index contributed by atoms with van der Waals surface area (Å²) in [6.07, 6.45) is 5.01. The zero-order valence-electron chi connectivity index (χ0n) is 14.4. The quantitative estimate of drug-likeness (QED) is 0.487. The first kappa shape index (κ1) is 15.4. The molecule has 1 aromatic carbocycles. The van der Waals surface area contributed by atoms with Crippen LogP contribution in [-0.2, 0) is 0 Å². The molecule has 5 aromatic rings. The van der Waals surface area contributed by atoms with Crippen molar-refractivity contribution in [2.75, 3.05) is 0 Å². The van der Waals surface area contributed by atoms with Crippen molar-refractivity contribution in [3.8, 4) is 16.8 Å². The summed E-state index contributed by atoms with van der Waals surface area (Å²) >= 11 is 0. The molecule has 0 atom stereocenters. The summed E-state index contributed by atoms with van der Waals surface area (Å²) in [5.74, 6) is 0. The summed E-state index contributed by atoms with van der Waals surface area (Å²) in [4.78, 5) is 16.9. The molecule has 0 amide bonds. The third kappa shape index (κ3) is 2.32. The number of aromatic nitrogens is 6. The molecule has 0 bridgehead atoms. The van der Waals surface area contributed by atoms with E-state index < -0.39 is 0 Å². The lowest BCUT2D eigenvalue weighted by atomic mass is 10.1. The van der Waals surface area contributed by atoms with Gasteiger partial charge in [-0.05, 0) is 30.7 Å². The minimum absolute atomic E-state index is 0.248. The SMILES string of the molecule is Cc1nn2c(nnc3c(=O)n(-c4ccncc4)ccc32)c1-c1ccccc1. The van der Waals surface area contributed by atoms with Gasteiger partial charge in [-0.25, -0.2) is 4.52 Å². The minimum atomic E-state index is -0.248. The van der Waals surface area contributed by atoms with Gasteiger partial charge in [0.15, 0.2) is 11.2 Å². The van der Waals surface area contributed by atoms with Gasteiger partial charge in [0.25, 0.3) is 5.56 Å². The Kier molecular flexibility index (Phi) is 3.33. The fraction of sp³-hybridized carbons (Fsp3) is 0.0500. The predicted octanol–water partition coefficient (Wildman–Crippen LogP) is 2.80. The highest BCUT2D eigenvalue weighted by molar-refractivity contribution is 5.84. The molecule has 0 N–H and O–H groups in total. The fourth-order valence-corrected chi connectivity index (χ4v) is 3.30. The van der Waals surface area contributed by atoms with Crippen LogP contribution in [0.15, 0.2) is 71.9 Å². The molecule has 0 aliphatic heterocycles.